The second kappa shape index (κ2) is 6.52. The van der Waals surface area contributed by atoms with Crippen LogP contribution in [0.1, 0.15) is 47.3 Å². The monoisotopic (exact) mass is 286 g/mol. The molecule has 0 atom stereocenters. The van der Waals surface area contributed by atoms with Crippen LogP contribution in [0.15, 0.2) is 24.7 Å². The fraction of sp³-hybridized carbons (Fsp3) is 0.438. The lowest BCUT2D eigenvalue weighted by atomic mass is 10.1. The van der Waals surface area contributed by atoms with Crippen molar-refractivity contribution in [1.29, 1.82) is 0 Å². The van der Waals surface area contributed by atoms with E-state index in [1.807, 2.05) is 26.1 Å². The predicted octanol–water partition coefficient (Wildman–Crippen LogP) is 2.45. The molecule has 0 aliphatic rings. The molecule has 0 aromatic carbocycles. The minimum Gasteiger partial charge on any atom is -0.352 e. The van der Waals surface area contributed by atoms with Crippen molar-refractivity contribution >= 4 is 5.91 Å². The summed E-state index contributed by atoms with van der Waals surface area (Å²) in [6.45, 7) is 8.79. The number of nitrogens with one attached hydrogen (secondary N) is 1. The van der Waals surface area contributed by atoms with Gasteiger partial charge in [-0.2, -0.15) is 0 Å². The van der Waals surface area contributed by atoms with Gasteiger partial charge >= 0.3 is 0 Å². The molecule has 0 saturated heterocycles. The van der Waals surface area contributed by atoms with Crippen molar-refractivity contribution < 1.29 is 4.79 Å². The van der Waals surface area contributed by atoms with Crippen molar-refractivity contribution in [1.82, 2.24) is 19.9 Å². The van der Waals surface area contributed by atoms with Gasteiger partial charge in [0.25, 0.3) is 5.91 Å². The maximum absolute atomic E-state index is 12.1. The number of hydrogen-bond donors (Lipinski definition) is 1. The normalized spacial score (nSPS) is 10.9. The Hall–Kier alpha value is -2.17. The number of carbonyl (C=O) groups excluding carboxylic acids is 1. The van der Waals surface area contributed by atoms with Gasteiger partial charge in [0.15, 0.2) is 0 Å². The summed E-state index contributed by atoms with van der Waals surface area (Å²) in [5.41, 5.74) is 2.71. The molecule has 21 heavy (non-hydrogen) atoms. The van der Waals surface area contributed by atoms with E-state index in [9.17, 15) is 4.79 Å². The molecule has 0 spiro atoms. The van der Waals surface area contributed by atoms with Gasteiger partial charge in [0.05, 0.1) is 5.56 Å². The van der Waals surface area contributed by atoms with Crippen LogP contribution in [-0.4, -0.2) is 27.0 Å². The van der Waals surface area contributed by atoms with Crippen molar-refractivity contribution in [2.45, 2.75) is 40.2 Å². The number of rotatable bonds is 5. The van der Waals surface area contributed by atoms with E-state index in [2.05, 4.69) is 33.7 Å². The van der Waals surface area contributed by atoms with Crippen molar-refractivity contribution in [3.8, 4) is 0 Å². The maximum atomic E-state index is 12.1. The molecule has 0 radical (unpaired) electrons. The second-order valence-corrected chi connectivity index (χ2v) is 5.48. The number of hydrogen-bond acceptors (Lipinski definition) is 3. The molecule has 0 unspecified atom stereocenters. The van der Waals surface area contributed by atoms with Crippen LogP contribution in [0, 0.1) is 13.8 Å². The SMILES string of the molecule is Cc1ccncc1C(=O)NCCc1ncc(C)n1C(C)C. The predicted molar refractivity (Wildman–Crippen MR) is 82.4 cm³/mol. The van der Waals surface area contributed by atoms with E-state index in [0.717, 1.165) is 23.5 Å². The van der Waals surface area contributed by atoms with Crippen molar-refractivity contribution in [2.75, 3.05) is 6.54 Å². The molecule has 5 heteroatoms. The van der Waals surface area contributed by atoms with Gasteiger partial charge in [-0.3, -0.25) is 9.78 Å². The topological polar surface area (TPSA) is 59.8 Å². The Balaban J connectivity index is 1.96. The van der Waals surface area contributed by atoms with Gasteiger partial charge in [-0.25, -0.2) is 4.98 Å². The van der Waals surface area contributed by atoms with E-state index in [0.29, 0.717) is 18.2 Å². The standard InChI is InChI=1S/C16H22N4O/c1-11(2)20-13(4)9-19-15(20)6-8-18-16(21)14-10-17-7-5-12(14)3/h5,7,9-11H,6,8H2,1-4H3,(H,18,21). The van der Waals surface area contributed by atoms with Crippen LogP contribution in [0.2, 0.25) is 0 Å². The summed E-state index contributed by atoms with van der Waals surface area (Å²) in [4.78, 5) is 20.5. The number of aryl methyl sites for hydroxylation is 2. The Labute approximate surface area is 125 Å². The van der Waals surface area contributed by atoms with E-state index in [-0.39, 0.29) is 5.91 Å². The first kappa shape index (κ1) is 15.2. The molecule has 2 aromatic rings. The first-order valence-electron chi connectivity index (χ1n) is 7.22. The van der Waals surface area contributed by atoms with E-state index < -0.39 is 0 Å². The van der Waals surface area contributed by atoms with E-state index in [4.69, 9.17) is 0 Å². The molecular formula is C16H22N4O. The third-order valence-electron chi connectivity index (χ3n) is 3.49. The van der Waals surface area contributed by atoms with Crippen LogP contribution in [0.25, 0.3) is 0 Å². The average Bonchev–Trinajstić information content (AvgIpc) is 2.80. The maximum Gasteiger partial charge on any atom is 0.253 e. The summed E-state index contributed by atoms with van der Waals surface area (Å²) < 4.78 is 2.20. The van der Waals surface area contributed by atoms with Gasteiger partial charge < -0.3 is 9.88 Å². The van der Waals surface area contributed by atoms with E-state index in [1.165, 1.54) is 0 Å². The lowest BCUT2D eigenvalue weighted by Crippen LogP contribution is -2.27. The van der Waals surface area contributed by atoms with Crippen LogP contribution in [-0.2, 0) is 6.42 Å². The van der Waals surface area contributed by atoms with Crippen LogP contribution in [0.5, 0.6) is 0 Å². The van der Waals surface area contributed by atoms with Gasteiger partial charge in [-0.15, -0.1) is 0 Å². The number of amides is 1. The fourth-order valence-electron chi connectivity index (χ4n) is 2.47. The summed E-state index contributed by atoms with van der Waals surface area (Å²) >= 11 is 0. The van der Waals surface area contributed by atoms with Crippen LogP contribution in [0.3, 0.4) is 0 Å². The summed E-state index contributed by atoms with van der Waals surface area (Å²) in [5.74, 6) is 0.922. The van der Waals surface area contributed by atoms with Crippen LogP contribution < -0.4 is 5.32 Å². The summed E-state index contributed by atoms with van der Waals surface area (Å²) in [6, 6.07) is 2.21. The molecule has 0 fully saturated rings. The highest BCUT2D eigenvalue weighted by molar-refractivity contribution is 5.95. The van der Waals surface area contributed by atoms with Crippen molar-refractivity contribution in [3.05, 3.63) is 47.3 Å². The summed E-state index contributed by atoms with van der Waals surface area (Å²) in [5, 5.41) is 2.93. The van der Waals surface area contributed by atoms with Gasteiger partial charge in [-0.1, -0.05) is 0 Å². The Bertz CT molecular complexity index is 631. The Morgan fingerprint density at radius 1 is 1.33 bits per heavy atom. The first-order chi connectivity index (χ1) is 10.0. The third-order valence-corrected chi connectivity index (χ3v) is 3.49. The highest BCUT2D eigenvalue weighted by Crippen LogP contribution is 2.13. The zero-order valence-corrected chi connectivity index (χ0v) is 13.1. The van der Waals surface area contributed by atoms with Crippen LogP contribution >= 0.6 is 0 Å². The molecule has 0 aliphatic heterocycles. The summed E-state index contributed by atoms with van der Waals surface area (Å²) in [7, 11) is 0. The second-order valence-electron chi connectivity index (χ2n) is 5.48. The zero-order valence-electron chi connectivity index (χ0n) is 13.1. The molecule has 5 nitrogen and oxygen atoms in total. The quantitative estimate of drug-likeness (QED) is 0.918. The fourth-order valence-corrected chi connectivity index (χ4v) is 2.47. The molecule has 1 N–H and O–H groups in total. The van der Waals surface area contributed by atoms with Crippen molar-refractivity contribution in [3.63, 3.8) is 0 Å². The van der Waals surface area contributed by atoms with Gasteiger partial charge in [-0.05, 0) is 39.3 Å². The highest BCUT2D eigenvalue weighted by atomic mass is 16.1. The van der Waals surface area contributed by atoms with Gasteiger partial charge in [0, 0.05) is 43.3 Å². The number of imidazole rings is 1. The number of nitrogens with zero attached hydrogens (tertiary/aromatic N) is 3. The average molecular weight is 286 g/mol. The molecule has 0 aliphatic carbocycles. The summed E-state index contributed by atoms with van der Waals surface area (Å²) in [6.07, 6.45) is 5.89. The Kier molecular flexibility index (Phi) is 4.73. The molecule has 0 bridgehead atoms. The minimum absolute atomic E-state index is 0.0834. The highest BCUT2D eigenvalue weighted by Gasteiger charge is 2.11. The lowest BCUT2D eigenvalue weighted by Gasteiger charge is -2.14. The number of aromatic nitrogens is 3. The third kappa shape index (κ3) is 3.48. The van der Waals surface area contributed by atoms with Gasteiger partial charge in [0.2, 0.25) is 0 Å². The minimum atomic E-state index is -0.0834. The molecule has 2 rings (SSSR count). The first-order valence-corrected chi connectivity index (χ1v) is 7.22. The Morgan fingerprint density at radius 2 is 2.10 bits per heavy atom. The molecule has 2 aromatic heterocycles. The number of pyridine rings is 1. The molecule has 1 amide bonds. The molecule has 112 valence electrons. The molecule has 2 heterocycles. The molecular weight excluding hydrogens is 264 g/mol. The molecule has 0 saturated carbocycles. The zero-order chi connectivity index (χ0) is 15.4. The van der Waals surface area contributed by atoms with E-state index in [1.54, 1.807) is 12.4 Å². The van der Waals surface area contributed by atoms with E-state index >= 15 is 0 Å². The van der Waals surface area contributed by atoms with Crippen molar-refractivity contribution in [2.24, 2.45) is 0 Å². The largest absolute Gasteiger partial charge is 0.352 e. The Morgan fingerprint density at radius 3 is 2.76 bits per heavy atom. The van der Waals surface area contributed by atoms with Crippen LogP contribution in [0.4, 0.5) is 0 Å². The lowest BCUT2D eigenvalue weighted by molar-refractivity contribution is 0.0953. The number of carbonyl (C=O) groups is 1. The smallest absolute Gasteiger partial charge is 0.253 e. The van der Waals surface area contributed by atoms with Gasteiger partial charge in [0.1, 0.15) is 5.82 Å².